The van der Waals surface area contributed by atoms with Crippen molar-refractivity contribution in [1.82, 2.24) is 4.98 Å². The van der Waals surface area contributed by atoms with E-state index in [0.717, 1.165) is 16.5 Å². The van der Waals surface area contributed by atoms with E-state index >= 15 is 0 Å². The van der Waals surface area contributed by atoms with E-state index in [2.05, 4.69) is 15.2 Å². The number of azo groups is 1. The summed E-state index contributed by atoms with van der Waals surface area (Å²) in [6, 6.07) is 13.1. The second-order valence-corrected chi connectivity index (χ2v) is 4.74. The normalized spacial score (nSPS) is 11.3. The van der Waals surface area contributed by atoms with Crippen LogP contribution in [-0.2, 0) is 0 Å². The van der Waals surface area contributed by atoms with Crippen molar-refractivity contribution in [2.45, 2.75) is 6.92 Å². The minimum atomic E-state index is 0.104. The van der Waals surface area contributed by atoms with E-state index in [9.17, 15) is 5.11 Å². The Morgan fingerprint density at radius 1 is 1.10 bits per heavy atom. The zero-order valence-corrected chi connectivity index (χ0v) is 11.8. The van der Waals surface area contributed by atoms with E-state index in [1.54, 1.807) is 13.2 Å². The third-order valence-electron chi connectivity index (χ3n) is 3.25. The third kappa shape index (κ3) is 2.45. The first-order valence-electron chi connectivity index (χ1n) is 6.55. The Balaban J connectivity index is 2.01. The van der Waals surface area contributed by atoms with E-state index in [1.165, 1.54) is 0 Å². The van der Waals surface area contributed by atoms with Gasteiger partial charge >= 0.3 is 0 Å². The fraction of sp³-hybridized carbons (Fsp3) is 0.125. The number of aromatic amines is 1. The second kappa shape index (κ2) is 5.28. The number of H-pyrrole nitrogens is 1. The minimum absolute atomic E-state index is 0.104. The average Bonchev–Trinajstić information content (AvgIpc) is 2.82. The van der Waals surface area contributed by atoms with Crippen LogP contribution in [0.5, 0.6) is 11.5 Å². The fourth-order valence-corrected chi connectivity index (χ4v) is 2.17. The highest BCUT2D eigenvalue weighted by Crippen LogP contribution is 2.37. The molecular formula is C16H15N3O2. The van der Waals surface area contributed by atoms with Crippen LogP contribution in [0.25, 0.3) is 10.9 Å². The monoisotopic (exact) mass is 281 g/mol. The molecule has 0 aliphatic carbocycles. The van der Waals surface area contributed by atoms with Crippen molar-refractivity contribution in [3.63, 3.8) is 0 Å². The van der Waals surface area contributed by atoms with Gasteiger partial charge in [-0.25, -0.2) is 0 Å². The van der Waals surface area contributed by atoms with Gasteiger partial charge < -0.3 is 14.8 Å². The van der Waals surface area contributed by atoms with Crippen LogP contribution in [0.15, 0.2) is 52.7 Å². The molecule has 2 aromatic carbocycles. The Kier molecular flexibility index (Phi) is 3.31. The van der Waals surface area contributed by atoms with Gasteiger partial charge in [-0.3, -0.25) is 0 Å². The van der Waals surface area contributed by atoms with Gasteiger partial charge in [-0.2, -0.15) is 0 Å². The Labute approximate surface area is 121 Å². The standard InChI is InChI=1S/C16H15N3O2/c1-10-7-8-12-11(9-10)15(20)16(17-12)19-18-13-5-3-4-6-14(13)21-2/h3-9,17,20H,1-2H3. The van der Waals surface area contributed by atoms with Crippen LogP contribution in [0.4, 0.5) is 11.5 Å². The molecule has 0 aliphatic rings. The highest BCUT2D eigenvalue weighted by atomic mass is 16.5. The first-order valence-corrected chi connectivity index (χ1v) is 6.55. The van der Waals surface area contributed by atoms with Crippen molar-refractivity contribution >= 4 is 22.4 Å². The number of aryl methyl sites for hydroxylation is 1. The van der Waals surface area contributed by atoms with Crippen molar-refractivity contribution in [3.8, 4) is 11.5 Å². The molecule has 21 heavy (non-hydrogen) atoms. The first kappa shape index (κ1) is 13.2. The summed E-state index contributed by atoms with van der Waals surface area (Å²) in [5, 5.41) is 19.2. The van der Waals surface area contributed by atoms with Gasteiger partial charge in [-0.15, -0.1) is 10.2 Å². The van der Waals surface area contributed by atoms with Crippen LogP contribution < -0.4 is 4.74 Å². The molecule has 0 bridgehead atoms. The second-order valence-electron chi connectivity index (χ2n) is 4.74. The molecule has 0 atom stereocenters. The molecular weight excluding hydrogens is 266 g/mol. The highest BCUT2D eigenvalue weighted by molar-refractivity contribution is 5.91. The molecule has 1 aromatic heterocycles. The molecule has 1 heterocycles. The number of methoxy groups -OCH3 is 1. The van der Waals surface area contributed by atoms with Crippen molar-refractivity contribution < 1.29 is 9.84 Å². The first-order chi connectivity index (χ1) is 10.2. The molecule has 3 rings (SSSR count). The van der Waals surface area contributed by atoms with Crippen molar-refractivity contribution in [1.29, 1.82) is 0 Å². The highest BCUT2D eigenvalue weighted by Gasteiger charge is 2.10. The quantitative estimate of drug-likeness (QED) is 0.688. The van der Waals surface area contributed by atoms with Crippen LogP contribution in [0, 0.1) is 6.92 Å². The molecule has 5 nitrogen and oxygen atoms in total. The number of rotatable bonds is 3. The van der Waals surface area contributed by atoms with Gasteiger partial charge in [0, 0.05) is 5.39 Å². The zero-order chi connectivity index (χ0) is 14.8. The SMILES string of the molecule is COc1ccccc1N=Nc1[nH]c2ccc(C)cc2c1O. The zero-order valence-electron chi connectivity index (χ0n) is 11.8. The molecule has 2 N–H and O–H groups in total. The number of para-hydroxylation sites is 1. The van der Waals surface area contributed by atoms with Gasteiger partial charge in [0.1, 0.15) is 11.4 Å². The van der Waals surface area contributed by atoms with Crippen molar-refractivity contribution in [2.24, 2.45) is 10.2 Å². The lowest BCUT2D eigenvalue weighted by Gasteiger charge is -2.01. The molecule has 0 aliphatic heterocycles. The Bertz CT molecular complexity index is 822. The number of fused-ring (bicyclic) bond motifs is 1. The Morgan fingerprint density at radius 3 is 2.71 bits per heavy atom. The minimum Gasteiger partial charge on any atom is -0.504 e. The lowest BCUT2D eigenvalue weighted by atomic mass is 10.2. The smallest absolute Gasteiger partial charge is 0.196 e. The fourth-order valence-electron chi connectivity index (χ4n) is 2.17. The topological polar surface area (TPSA) is 70.0 Å². The van der Waals surface area contributed by atoms with Gasteiger partial charge in [0.15, 0.2) is 11.6 Å². The maximum absolute atomic E-state index is 10.2. The summed E-state index contributed by atoms with van der Waals surface area (Å²) >= 11 is 0. The number of nitrogens with one attached hydrogen (secondary N) is 1. The summed E-state index contributed by atoms with van der Waals surface area (Å²) in [5.74, 6) is 1.07. The molecule has 0 unspecified atom stereocenters. The molecule has 0 saturated heterocycles. The van der Waals surface area contributed by atoms with E-state index in [-0.39, 0.29) is 5.75 Å². The number of nitrogens with zero attached hydrogens (tertiary/aromatic N) is 2. The molecule has 3 aromatic rings. The van der Waals surface area contributed by atoms with Gasteiger partial charge in [0.2, 0.25) is 0 Å². The predicted molar refractivity (Wildman–Crippen MR) is 81.9 cm³/mol. The molecule has 0 fully saturated rings. The molecule has 0 spiro atoms. The summed E-state index contributed by atoms with van der Waals surface area (Å²) < 4.78 is 5.21. The van der Waals surface area contributed by atoms with Crippen LogP contribution >= 0.6 is 0 Å². The van der Waals surface area contributed by atoms with E-state index in [4.69, 9.17) is 4.74 Å². The lowest BCUT2D eigenvalue weighted by molar-refractivity contribution is 0.416. The summed E-state index contributed by atoms with van der Waals surface area (Å²) in [6.45, 7) is 1.97. The van der Waals surface area contributed by atoms with Crippen LogP contribution in [0.1, 0.15) is 5.56 Å². The predicted octanol–water partition coefficient (Wildman–Crippen LogP) is 4.61. The molecule has 5 heteroatoms. The van der Waals surface area contributed by atoms with E-state index < -0.39 is 0 Å². The molecule has 0 radical (unpaired) electrons. The van der Waals surface area contributed by atoms with Crippen LogP contribution in [-0.4, -0.2) is 17.2 Å². The van der Waals surface area contributed by atoms with E-state index in [0.29, 0.717) is 17.3 Å². The van der Waals surface area contributed by atoms with E-state index in [1.807, 2.05) is 43.3 Å². The van der Waals surface area contributed by atoms with Crippen LogP contribution in [0.2, 0.25) is 0 Å². The van der Waals surface area contributed by atoms with Crippen molar-refractivity contribution in [2.75, 3.05) is 7.11 Å². The maximum atomic E-state index is 10.2. The summed E-state index contributed by atoms with van der Waals surface area (Å²) in [6.07, 6.45) is 0. The van der Waals surface area contributed by atoms with Crippen molar-refractivity contribution in [3.05, 3.63) is 48.0 Å². The molecule has 0 saturated carbocycles. The number of hydrogen-bond acceptors (Lipinski definition) is 4. The molecule has 0 amide bonds. The van der Waals surface area contributed by atoms with Crippen LogP contribution in [0.3, 0.4) is 0 Å². The largest absolute Gasteiger partial charge is 0.504 e. The van der Waals surface area contributed by atoms with Gasteiger partial charge in [0.25, 0.3) is 0 Å². The Hall–Kier alpha value is -2.82. The summed E-state index contributed by atoms with van der Waals surface area (Å²) in [5.41, 5.74) is 2.51. The summed E-state index contributed by atoms with van der Waals surface area (Å²) in [4.78, 5) is 3.05. The average molecular weight is 281 g/mol. The molecule has 106 valence electrons. The summed E-state index contributed by atoms with van der Waals surface area (Å²) in [7, 11) is 1.58. The number of ether oxygens (including phenoxy) is 1. The Morgan fingerprint density at radius 2 is 1.90 bits per heavy atom. The number of hydrogen-bond donors (Lipinski definition) is 2. The maximum Gasteiger partial charge on any atom is 0.196 e. The third-order valence-corrected chi connectivity index (χ3v) is 3.25. The lowest BCUT2D eigenvalue weighted by Crippen LogP contribution is -1.81. The van der Waals surface area contributed by atoms with Gasteiger partial charge in [0.05, 0.1) is 12.6 Å². The van der Waals surface area contributed by atoms with Gasteiger partial charge in [-0.05, 0) is 31.2 Å². The number of aromatic hydroxyl groups is 1. The number of aromatic nitrogens is 1. The number of benzene rings is 2. The van der Waals surface area contributed by atoms with Gasteiger partial charge in [-0.1, -0.05) is 23.8 Å².